The van der Waals surface area contributed by atoms with Crippen LogP contribution < -0.4 is 6.15 Å². The van der Waals surface area contributed by atoms with E-state index in [9.17, 15) is 0 Å². The summed E-state index contributed by atoms with van der Waals surface area (Å²) in [5.74, 6) is 0.845. The second-order valence-corrected chi connectivity index (χ2v) is 4.96. The molecule has 0 aromatic carbocycles. The molecule has 0 saturated carbocycles. The zero-order chi connectivity index (χ0) is 11.2. The molecular weight excluding hydrogens is 218 g/mol. The van der Waals surface area contributed by atoms with E-state index >= 15 is 0 Å². The van der Waals surface area contributed by atoms with Gasteiger partial charge in [-0.3, -0.25) is 0 Å². The molecule has 2 heteroatoms. The van der Waals surface area contributed by atoms with Crippen LogP contribution >= 0.6 is 11.6 Å². The summed E-state index contributed by atoms with van der Waals surface area (Å²) in [5, 5.41) is 0. The van der Waals surface area contributed by atoms with Crippen molar-refractivity contribution in [3.05, 3.63) is 0 Å². The highest BCUT2D eigenvalue weighted by atomic mass is 35.5. The minimum atomic E-state index is 0. The zero-order valence-electron chi connectivity index (χ0n) is 11.3. The Kier molecular flexibility index (Phi) is 20.5. The Morgan fingerprint density at radius 3 is 1.19 bits per heavy atom. The van der Waals surface area contributed by atoms with Gasteiger partial charge >= 0.3 is 0 Å². The van der Waals surface area contributed by atoms with Crippen molar-refractivity contribution in [1.82, 2.24) is 6.15 Å². The van der Waals surface area contributed by atoms with Crippen molar-refractivity contribution in [3.8, 4) is 0 Å². The third-order valence-electron chi connectivity index (χ3n) is 2.99. The smallest absolute Gasteiger partial charge is 0.0223 e. The number of rotatable bonds is 12. The van der Waals surface area contributed by atoms with Crippen LogP contribution in [0.5, 0.6) is 0 Å². The molecule has 1 nitrogen and oxygen atoms in total. The molecule has 0 amide bonds. The summed E-state index contributed by atoms with van der Waals surface area (Å²) < 4.78 is 0. The van der Waals surface area contributed by atoms with Crippen molar-refractivity contribution in [1.29, 1.82) is 0 Å². The fraction of sp³-hybridized carbons (Fsp3) is 1.00. The number of hydrogen-bond acceptors (Lipinski definition) is 1. The lowest BCUT2D eigenvalue weighted by molar-refractivity contribution is 0.548. The Morgan fingerprint density at radius 1 is 0.562 bits per heavy atom. The van der Waals surface area contributed by atoms with E-state index in [0.717, 1.165) is 5.88 Å². The normalized spacial score (nSPS) is 10.1. The maximum atomic E-state index is 5.62. The van der Waals surface area contributed by atoms with Gasteiger partial charge in [0, 0.05) is 5.88 Å². The number of halogens is 1. The van der Waals surface area contributed by atoms with Crippen LogP contribution in [0.25, 0.3) is 0 Å². The molecule has 0 heterocycles. The fourth-order valence-corrected chi connectivity index (χ4v) is 2.12. The largest absolute Gasteiger partial charge is 0.344 e. The zero-order valence-corrected chi connectivity index (χ0v) is 12.0. The van der Waals surface area contributed by atoms with Crippen molar-refractivity contribution in [3.63, 3.8) is 0 Å². The predicted octanol–water partition coefficient (Wildman–Crippen LogP) is 6.09. The molecule has 16 heavy (non-hydrogen) atoms. The summed E-state index contributed by atoms with van der Waals surface area (Å²) in [4.78, 5) is 0. The standard InChI is InChI=1S/C14H29Cl.H3N/c1-2-3-4-5-6-7-8-9-10-11-12-13-14-15;/h2-14H2,1H3;1H3. The van der Waals surface area contributed by atoms with Gasteiger partial charge in [0.15, 0.2) is 0 Å². The molecule has 0 atom stereocenters. The molecule has 0 spiro atoms. The second kappa shape index (κ2) is 17.6. The molecule has 0 aliphatic heterocycles. The maximum absolute atomic E-state index is 5.62. The summed E-state index contributed by atoms with van der Waals surface area (Å²) >= 11 is 5.62. The first kappa shape index (κ1) is 18.6. The first-order chi connectivity index (χ1) is 7.41. The van der Waals surface area contributed by atoms with Crippen molar-refractivity contribution in [2.24, 2.45) is 0 Å². The van der Waals surface area contributed by atoms with Gasteiger partial charge in [-0.2, -0.15) is 0 Å². The van der Waals surface area contributed by atoms with E-state index < -0.39 is 0 Å². The highest BCUT2D eigenvalue weighted by Crippen LogP contribution is 2.11. The molecule has 0 aliphatic rings. The Labute approximate surface area is 108 Å². The number of alkyl halides is 1. The van der Waals surface area contributed by atoms with E-state index in [4.69, 9.17) is 11.6 Å². The third-order valence-corrected chi connectivity index (χ3v) is 3.25. The molecular formula is C14H32ClN. The molecule has 0 rings (SSSR count). The molecule has 0 bridgehead atoms. The van der Waals surface area contributed by atoms with Crippen LogP contribution in [0.2, 0.25) is 0 Å². The lowest BCUT2D eigenvalue weighted by Gasteiger charge is -2.01. The summed E-state index contributed by atoms with van der Waals surface area (Å²) in [5.41, 5.74) is 0. The lowest BCUT2D eigenvalue weighted by Crippen LogP contribution is -1.82. The molecule has 0 aliphatic carbocycles. The number of hydrogen-bond donors (Lipinski definition) is 1. The van der Waals surface area contributed by atoms with E-state index in [1.54, 1.807) is 0 Å². The van der Waals surface area contributed by atoms with Crippen molar-refractivity contribution < 1.29 is 0 Å². The van der Waals surface area contributed by atoms with E-state index in [-0.39, 0.29) is 6.15 Å². The third kappa shape index (κ3) is 16.7. The summed E-state index contributed by atoms with van der Waals surface area (Å²) in [7, 11) is 0. The van der Waals surface area contributed by atoms with Gasteiger partial charge < -0.3 is 6.15 Å². The van der Waals surface area contributed by atoms with Gasteiger partial charge in [-0.15, -0.1) is 11.6 Å². The Bertz CT molecular complexity index is 94.9. The van der Waals surface area contributed by atoms with Crippen LogP contribution in [0.4, 0.5) is 0 Å². The molecule has 0 fully saturated rings. The molecule has 0 aromatic heterocycles. The lowest BCUT2D eigenvalue weighted by atomic mass is 10.1. The van der Waals surface area contributed by atoms with Crippen molar-refractivity contribution in [2.45, 2.75) is 84.0 Å². The minimum Gasteiger partial charge on any atom is -0.344 e. The van der Waals surface area contributed by atoms with Gasteiger partial charge in [-0.25, -0.2) is 0 Å². The van der Waals surface area contributed by atoms with E-state index in [1.165, 1.54) is 77.0 Å². The SMILES string of the molecule is CCCCCCCCCCCCCCCl.N. The maximum Gasteiger partial charge on any atom is 0.0223 e. The molecule has 0 saturated heterocycles. The first-order valence-electron chi connectivity index (χ1n) is 6.97. The summed E-state index contributed by atoms with van der Waals surface area (Å²) in [6, 6.07) is 0. The fourth-order valence-electron chi connectivity index (χ4n) is 1.94. The van der Waals surface area contributed by atoms with Gasteiger partial charge in [0.2, 0.25) is 0 Å². The average molecular weight is 250 g/mol. The van der Waals surface area contributed by atoms with Gasteiger partial charge in [0.1, 0.15) is 0 Å². The molecule has 0 unspecified atom stereocenters. The van der Waals surface area contributed by atoms with Gasteiger partial charge in [-0.05, 0) is 6.42 Å². The van der Waals surface area contributed by atoms with Crippen LogP contribution in [0.3, 0.4) is 0 Å². The van der Waals surface area contributed by atoms with Crippen LogP contribution in [0, 0.1) is 0 Å². The summed E-state index contributed by atoms with van der Waals surface area (Å²) in [6.45, 7) is 2.28. The second-order valence-electron chi connectivity index (χ2n) is 4.58. The summed E-state index contributed by atoms with van der Waals surface area (Å²) in [6.07, 6.45) is 16.9. The van der Waals surface area contributed by atoms with Gasteiger partial charge in [0.05, 0.1) is 0 Å². The van der Waals surface area contributed by atoms with Crippen LogP contribution in [-0.2, 0) is 0 Å². The van der Waals surface area contributed by atoms with E-state index in [0.29, 0.717) is 0 Å². The van der Waals surface area contributed by atoms with Crippen LogP contribution in [0.15, 0.2) is 0 Å². The topological polar surface area (TPSA) is 35.0 Å². The van der Waals surface area contributed by atoms with Crippen LogP contribution in [-0.4, -0.2) is 5.88 Å². The van der Waals surface area contributed by atoms with Crippen molar-refractivity contribution >= 4 is 11.6 Å². The molecule has 100 valence electrons. The van der Waals surface area contributed by atoms with E-state index in [2.05, 4.69) is 6.92 Å². The van der Waals surface area contributed by atoms with E-state index in [1.807, 2.05) is 0 Å². The predicted molar refractivity (Wildman–Crippen MR) is 76.8 cm³/mol. The first-order valence-corrected chi connectivity index (χ1v) is 7.51. The molecule has 3 N–H and O–H groups in total. The molecule has 0 radical (unpaired) electrons. The average Bonchev–Trinajstić information content (AvgIpc) is 2.26. The van der Waals surface area contributed by atoms with Gasteiger partial charge in [0.25, 0.3) is 0 Å². The van der Waals surface area contributed by atoms with Crippen LogP contribution in [0.1, 0.15) is 84.0 Å². The Morgan fingerprint density at radius 2 is 0.875 bits per heavy atom. The minimum absolute atomic E-state index is 0. The Balaban J connectivity index is 0. The quantitative estimate of drug-likeness (QED) is 0.330. The molecule has 0 aromatic rings. The number of unbranched alkanes of at least 4 members (excludes halogenated alkanes) is 11. The van der Waals surface area contributed by atoms with Crippen molar-refractivity contribution in [2.75, 3.05) is 5.88 Å². The van der Waals surface area contributed by atoms with Gasteiger partial charge in [-0.1, -0.05) is 77.6 Å². The highest BCUT2D eigenvalue weighted by molar-refractivity contribution is 6.17. The Hall–Kier alpha value is 0.250. The monoisotopic (exact) mass is 249 g/mol. The highest BCUT2D eigenvalue weighted by Gasteiger charge is 1.92.